The number of nitrogens with one attached hydrogen (secondary N) is 1. The van der Waals surface area contributed by atoms with Gasteiger partial charge in [-0.15, -0.1) is 0 Å². The molecule has 104 valence electrons. The van der Waals surface area contributed by atoms with Gasteiger partial charge in [0.15, 0.2) is 5.82 Å². The van der Waals surface area contributed by atoms with Crippen molar-refractivity contribution in [2.75, 3.05) is 39.3 Å². The van der Waals surface area contributed by atoms with Crippen molar-refractivity contribution in [3.8, 4) is 0 Å². The van der Waals surface area contributed by atoms with Gasteiger partial charge in [0.05, 0.1) is 18.2 Å². The number of nitrogens with zero attached hydrogens (tertiary/aromatic N) is 4. The van der Waals surface area contributed by atoms with E-state index in [4.69, 9.17) is 4.52 Å². The molecule has 1 aromatic heterocycles. The smallest absolute Gasteiger partial charge is 0.243 e. The Labute approximate surface area is 111 Å². The second-order valence-electron chi connectivity index (χ2n) is 5.69. The zero-order valence-electron chi connectivity index (χ0n) is 10.8. The van der Waals surface area contributed by atoms with Gasteiger partial charge in [0.2, 0.25) is 5.89 Å². The van der Waals surface area contributed by atoms with Gasteiger partial charge in [0.1, 0.15) is 0 Å². The quantitative estimate of drug-likeness (QED) is 0.720. The molecule has 4 aliphatic heterocycles. The fourth-order valence-electron chi connectivity index (χ4n) is 3.29. The third-order valence-electron chi connectivity index (χ3n) is 4.44. The van der Waals surface area contributed by atoms with Crippen LogP contribution in [-0.2, 0) is 0 Å². The molecule has 1 unspecified atom stereocenters. The Bertz CT molecular complexity index is 457. The number of fused-ring (bicyclic) bond motifs is 3. The first-order valence-corrected chi connectivity index (χ1v) is 7.01. The number of aliphatic hydroxyl groups excluding tert-OH is 1. The maximum Gasteiger partial charge on any atom is 0.243 e. The standard InChI is InChI=1S/C12H19N5O2/c18-8-5-9(13-6-8)12-14-11(15-19-12)10-7-16-1-3-17(10)4-2-16/h8-10,13,18H,1-7H2/t8-,9+,10?/m1/s1. The predicted molar refractivity (Wildman–Crippen MR) is 66.4 cm³/mol. The highest BCUT2D eigenvalue weighted by molar-refractivity contribution is 5.04. The molecule has 19 heavy (non-hydrogen) atoms. The second-order valence-corrected chi connectivity index (χ2v) is 5.69. The Morgan fingerprint density at radius 2 is 2.11 bits per heavy atom. The maximum atomic E-state index is 9.54. The molecule has 4 aliphatic rings. The molecule has 0 spiro atoms. The van der Waals surface area contributed by atoms with E-state index >= 15 is 0 Å². The molecule has 1 aromatic rings. The van der Waals surface area contributed by atoms with Crippen LogP contribution in [0.1, 0.15) is 30.2 Å². The minimum absolute atomic E-state index is 0.00679. The van der Waals surface area contributed by atoms with Crippen LogP contribution in [0, 0.1) is 0 Å². The fourth-order valence-corrected chi connectivity index (χ4v) is 3.29. The van der Waals surface area contributed by atoms with Crippen LogP contribution in [0.2, 0.25) is 0 Å². The minimum Gasteiger partial charge on any atom is -0.392 e. The molecule has 0 amide bonds. The van der Waals surface area contributed by atoms with Gasteiger partial charge < -0.3 is 14.9 Å². The van der Waals surface area contributed by atoms with E-state index < -0.39 is 0 Å². The van der Waals surface area contributed by atoms with Gasteiger partial charge in [-0.3, -0.25) is 9.80 Å². The van der Waals surface area contributed by atoms with Gasteiger partial charge in [-0.2, -0.15) is 4.98 Å². The first-order chi connectivity index (χ1) is 9.29. The first-order valence-electron chi connectivity index (χ1n) is 7.01. The van der Waals surface area contributed by atoms with Crippen LogP contribution < -0.4 is 5.32 Å². The normalized spacial score (nSPS) is 41.8. The molecule has 5 rings (SSSR count). The van der Waals surface area contributed by atoms with Gasteiger partial charge in [-0.1, -0.05) is 5.16 Å². The monoisotopic (exact) mass is 265 g/mol. The van der Waals surface area contributed by atoms with Crippen LogP contribution in [0.4, 0.5) is 0 Å². The van der Waals surface area contributed by atoms with E-state index in [2.05, 4.69) is 25.3 Å². The first kappa shape index (κ1) is 11.8. The topological polar surface area (TPSA) is 77.7 Å². The highest BCUT2D eigenvalue weighted by Crippen LogP contribution is 2.29. The molecule has 2 bridgehead atoms. The van der Waals surface area contributed by atoms with Crippen LogP contribution in [0.15, 0.2) is 4.52 Å². The molecule has 2 N–H and O–H groups in total. The van der Waals surface area contributed by atoms with Crippen molar-refractivity contribution in [2.24, 2.45) is 0 Å². The summed E-state index contributed by atoms with van der Waals surface area (Å²) < 4.78 is 5.38. The molecule has 4 saturated heterocycles. The summed E-state index contributed by atoms with van der Waals surface area (Å²) in [6.45, 7) is 6.09. The summed E-state index contributed by atoms with van der Waals surface area (Å²) in [6, 6.07) is 0.277. The van der Waals surface area contributed by atoms with Crippen molar-refractivity contribution in [3.05, 3.63) is 11.7 Å². The Hall–Kier alpha value is -1.02. The second kappa shape index (κ2) is 4.52. The molecule has 0 radical (unpaired) electrons. The average molecular weight is 265 g/mol. The lowest BCUT2D eigenvalue weighted by atomic mass is 10.1. The average Bonchev–Trinajstić information content (AvgIpc) is 3.08. The Kier molecular flexibility index (Phi) is 2.80. The molecule has 0 saturated carbocycles. The third-order valence-corrected chi connectivity index (χ3v) is 4.44. The van der Waals surface area contributed by atoms with E-state index in [1.165, 1.54) is 0 Å². The van der Waals surface area contributed by atoms with E-state index in [0.717, 1.165) is 38.5 Å². The lowest BCUT2D eigenvalue weighted by Crippen LogP contribution is -2.57. The van der Waals surface area contributed by atoms with Gasteiger partial charge in [0, 0.05) is 39.3 Å². The zero-order chi connectivity index (χ0) is 12.8. The van der Waals surface area contributed by atoms with Gasteiger partial charge in [-0.05, 0) is 6.42 Å². The minimum atomic E-state index is -0.305. The van der Waals surface area contributed by atoms with Gasteiger partial charge in [-0.25, -0.2) is 0 Å². The van der Waals surface area contributed by atoms with Crippen LogP contribution in [0.3, 0.4) is 0 Å². The molecule has 4 fully saturated rings. The van der Waals surface area contributed by atoms with Gasteiger partial charge in [0.25, 0.3) is 0 Å². The van der Waals surface area contributed by atoms with E-state index in [-0.39, 0.29) is 18.2 Å². The zero-order valence-corrected chi connectivity index (χ0v) is 10.8. The largest absolute Gasteiger partial charge is 0.392 e. The molecule has 5 heterocycles. The Balaban J connectivity index is 1.52. The SMILES string of the molecule is O[C@H]1CN[C@H](c2nc(C3CN4CCN3CC4)no2)C1. The number of hydrogen-bond acceptors (Lipinski definition) is 7. The predicted octanol–water partition coefficient (Wildman–Crippen LogP) is -0.863. The third kappa shape index (κ3) is 2.06. The van der Waals surface area contributed by atoms with E-state index in [1.807, 2.05) is 0 Å². The van der Waals surface area contributed by atoms with Crippen molar-refractivity contribution >= 4 is 0 Å². The van der Waals surface area contributed by atoms with Crippen LogP contribution in [-0.4, -0.2) is 70.4 Å². The summed E-state index contributed by atoms with van der Waals surface area (Å²) in [5, 5.41) is 16.9. The van der Waals surface area contributed by atoms with Crippen LogP contribution in [0.25, 0.3) is 0 Å². The molecule has 7 heteroatoms. The Morgan fingerprint density at radius 3 is 2.74 bits per heavy atom. The summed E-state index contributed by atoms with van der Waals surface area (Å²) in [5.74, 6) is 1.41. The summed E-state index contributed by atoms with van der Waals surface area (Å²) in [7, 11) is 0. The molecule has 0 aliphatic carbocycles. The number of aliphatic hydroxyl groups is 1. The molecule has 3 atom stereocenters. The molecule has 7 nitrogen and oxygen atoms in total. The van der Waals surface area contributed by atoms with Gasteiger partial charge >= 0.3 is 0 Å². The van der Waals surface area contributed by atoms with Crippen molar-refractivity contribution < 1.29 is 9.63 Å². The maximum absolute atomic E-state index is 9.54. The van der Waals surface area contributed by atoms with Crippen LogP contribution >= 0.6 is 0 Å². The lowest BCUT2D eigenvalue weighted by molar-refractivity contribution is 0.00781. The van der Waals surface area contributed by atoms with Crippen molar-refractivity contribution in [2.45, 2.75) is 24.6 Å². The summed E-state index contributed by atoms with van der Waals surface area (Å²) in [6.07, 6.45) is 0.350. The number of aromatic nitrogens is 2. The number of rotatable bonds is 2. The lowest BCUT2D eigenvalue weighted by Gasteiger charge is -2.46. The van der Waals surface area contributed by atoms with Crippen molar-refractivity contribution in [1.82, 2.24) is 25.3 Å². The summed E-state index contributed by atoms with van der Waals surface area (Å²) >= 11 is 0. The Morgan fingerprint density at radius 1 is 1.26 bits per heavy atom. The van der Waals surface area contributed by atoms with Crippen molar-refractivity contribution in [1.29, 1.82) is 0 Å². The molecular formula is C12H19N5O2. The highest BCUT2D eigenvalue weighted by atomic mass is 16.5. The molecule has 0 aromatic carbocycles. The van der Waals surface area contributed by atoms with Crippen LogP contribution in [0.5, 0.6) is 0 Å². The van der Waals surface area contributed by atoms with E-state index in [0.29, 0.717) is 18.9 Å². The van der Waals surface area contributed by atoms with Crippen molar-refractivity contribution in [3.63, 3.8) is 0 Å². The summed E-state index contributed by atoms with van der Waals surface area (Å²) in [4.78, 5) is 9.44. The fraction of sp³-hybridized carbons (Fsp3) is 0.833. The highest BCUT2D eigenvalue weighted by Gasteiger charge is 2.36. The number of hydrogen-bond donors (Lipinski definition) is 2. The molecular weight excluding hydrogens is 246 g/mol. The summed E-state index contributed by atoms with van der Waals surface area (Å²) in [5.41, 5.74) is 0. The number of β-amino-alcohol motifs (C(OH)–C–C–N with tert-alkyl or cyclic N) is 1. The van der Waals surface area contributed by atoms with E-state index in [1.54, 1.807) is 0 Å². The number of piperazine rings is 3. The van der Waals surface area contributed by atoms with E-state index in [9.17, 15) is 5.11 Å².